The molecule has 0 spiro atoms. The molecule has 0 aromatic rings. The standard InChI is InChI=1S/C16H24O2/c1-2-3-4-5-6-7-8-9-11-14-17-16-13-10-12-15-18-16/h1,16H,3-8,10,12-15H2. The van der Waals surface area contributed by atoms with Crippen molar-refractivity contribution >= 4 is 0 Å². The maximum Gasteiger partial charge on any atom is 0.158 e. The van der Waals surface area contributed by atoms with Crippen molar-refractivity contribution in [3.05, 3.63) is 0 Å². The monoisotopic (exact) mass is 248 g/mol. The maximum absolute atomic E-state index is 5.52. The van der Waals surface area contributed by atoms with Gasteiger partial charge in [0.05, 0.1) is 0 Å². The molecule has 0 amide bonds. The van der Waals surface area contributed by atoms with E-state index in [2.05, 4.69) is 17.8 Å². The second-order valence-electron chi connectivity index (χ2n) is 4.58. The van der Waals surface area contributed by atoms with Crippen LogP contribution in [-0.2, 0) is 9.47 Å². The summed E-state index contributed by atoms with van der Waals surface area (Å²) in [5, 5.41) is 0. The molecule has 1 unspecified atom stereocenters. The minimum absolute atomic E-state index is 0.0168. The van der Waals surface area contributed by atoms with Gasteiger partial charge in [0.2, 0.25) is 0 Å². The zero-order valence-electron chi connectivity index (χ0n) is 11.2. The summed E-state index contributed by atoms with van der Waals surface area (Å²) < 4.78 is 11.0. The molecule has 0 saturated carbocycles. The van der Waals surface area contributed by atoms with Crippen LogP contribution in [0.3, 0.4) is 0 Å². The van der Waals surface area contributed by atoms with Crippen molar-refractivity contribution in [2.24, 2.45) is 0 Å². The van der Waals surface area contributed by atoms with Crippen molar-refractivity contribution in [2.45, 2.75) is 64.1 Å². The number of rotatable bonds is 7. The summed E-state index contributed by atoms with van der Waals surface area (Å²) in [5.74, 6) is 8.86. The number of hydrogen-bond acceptors (Lipinski definition) is 2. The molecule has 0 N–H and O–H groups in total. The molecule has 1 aliphatic rings. The third-order valence-corrected chi connectivity index (χ3v) is 2.98. The Morgan fingerprint density at radius 1 is 1.06 bits per heavy atom. The van der Waals surface area contributed by atoms with E-state index in [4.69, 9.17) is 15.9 Å². The first-order valence-electron chi connectivity index (χ1n) is 7.06. The summed E-state index contributed by atoms with van der Waals surface area (Å²) in [5.41, 5.74) is 0. The van der Waals surface area contributed by atoms with E-state index in [1.807, 2.05) is 0 Å². The van der Waals surface area contributed by atoms with Gasteiger partial charge in [0.15, 0.2) is 6.29 Å². The fraction of sp³-hybridized carbons (Fsp3) is 0.750. The predicted molar refractivity (Wildman–Crippen MR) is 73.9 cm³/mol. The first-order chi connectivity index (χ1) is 8.93. The van der Waals surface area contributed by atoms with Crippen molar-refractivity contribution < 1.29 is 9.47 Å². The summed E-state index contributed by atoms with van der Waals surface area (Å²) in [4.78, 5) is 0. The second kappa shape index (κ2) is 11.1. The Morgan fingerprint density at radius 2 is 1.89 bits per heavy atom. The van der Waals surface area contributed by atoms with Gasteiger partial charge in [0, 0.05) is 19.4 Å². The van der Waals surface area contributed by atoms with E-state index in [0.29, 0.717) is 6.61 Å². The van der Waals surface area contributed by atoms with Gasteiger partial charge < -0.3 is 9.47 Å². The molecule has 1 rings (SSSR count). The summed E-state index contributed by atoms with van der Waals surface area (Å²) in [6.45, 7) is 1.33. The molecule has 100 valence electrons. The van der Waals surface area contributed by atoms with Crippen molar-refractivity contribution in [3.8, 4) is 24.2 Å². The van der Waals surface area contributed by atoms with Gasteiger partial charge in [-0.25, -0.2) is 0 Å². The van der Waals surface area contributed by atoms with E-state index in [1.54, 1.807) is 0 Å². The molecule has 2 heteroatoms. The van der Waals surface area contributed by atoms with Crippen LogP contribution in [0.25, 0.3) is 0 Å². The third-order valence-electron chi connectivity index (χ3n) is 2.98. The predicted octanol–water partition coefficient (Wildman–Crippen LogP) is 3.51. The highest BCUT2D eigenvalue weighted by molar-refractivity contribution is 4.98. The molecule has 1 fully saturated rings. The van der Waals surface area contributed by atoms with E-state index in [1.165, 1.54) is 19.3 Å². The van der Waals surface area contributed by atoms with E-state index in [9.17, 15) is 0 Å². The van der Waals surface area contributed by atoms with Crippen LogP contribution >= 0.6 is 0 Å². The van der Waals surface area contributed by atoms with Gasteiger partial charge in [0.1, 0.15) is 6.61 Å². The molecular weight excluding hydrogens is 224 g/mol. The van der Waals surface area contributed by atoms with Gasteiger partial charge in [-0.05, 0) is 32.1 Å². The van der Waals surface area contributed by atoms with Gasteiger partial charge in [-0.1, -0.05) is 18.8 Å². The van der Waals surface area contributed by atoms with E-state index in [0.717, 1.165) is 45.1 Å². The molecule has 2 nitrogen and oxygen atoms in total. The quantitative estimate of drug-likeness (QED) is 0.507. The molecule has 1 heterocycles. The zero-order chi connectivity index (χ0) is 12.9. The highest BCUT2D eigenvalue weighted by atomic mass is 16.7. The van der Waals surface area contributed by atoms with Crippen molar-refractivity contribution in [3.63, 3.8) is 0 Å². The Hall–Kier alpha value is -0.960. The van der Waals surface area contributed by atoms with Gasteiger partial charge in [-0.2, -0.15) is 0 Å². The number of hydrogen-bond donors (Lipinski definition) is 0. The lowest BCUT2D eigenvalue weighted by Gasteiger charge is -2.21. The van der Waals surface area contributed by atoms with Crippen LogP contribution in [-0.4, -0.2) is 19.5 Å². The summed E-state index contributed by atoms with van der Waals surface area (Å²) in [6.07, 6.45) is 15.2. The Balaban J connectivity index is 1.87. The molecule has 0 aliphatic carbocycles. The fourth-order valence-electron chi connectivity index (χ4n) is 1.91. The minimum Gasteiger partial charge on any atom is -0.353 e. The Labute approximate surface area is 111 Å². The molecule has 0 aromatic heterocycles. The molecule has 1 saturated heterocycles. The van der Waals surface area contributed by atoms with E-state index >= 15 is 0 Å². The van der Waals surface area contributed by atoms with Crippen LogP contribution in [0.1, 0.15) is 57.8 Å². The molecule has 1 atom stereocenters. The van der Waals surface area contributed by atoms with Crippen LogP contribution in [0.2, 0.25) is 0 Å². The van der Waals surface area contributed by atoms with E-state index in [-0.39, 0.29) is 6.29 Å². The first-order valence-corrected chi connectivity index (χ1v) is 7.06. The smallest absolute Gasteiger partial charge is 0.158 e. The van der Waals surface area contributed by atoms with Crippen LogP contribution in [0, 0.1) is 24.2 Å². The number of unbranched alkanes of at least 4 members (excludes halogenated alkanes) is 5. The van der Waals surface area contributed by atoms with Gasteiger partial charge in [0.25, 0.3) is 0 Å². The molecule has 18 heavy (non-hydrogen) atoms. The average Bonchev–Trinajstić information content (AvgIpc) is 2.42. The van der Waals surface area contributed by atoms with Gasteiger partial charge >= 0.3 is 0 Å². The number of ether oxygens (including phenoxy) is 2. The molecule has 0 radical (unpaired) electrons. The summed E-state index contributed by atoms with van der Waals surface area (Å²) >= 11 is 0. The molecular formula is C16H24O2. The SMILES string of the molecule is C#CCCCCCCC#CCOC1CCCCO1. The highest BCUT2D eigenvalue weighted by Crippen LogP contribution is 2.13. The summed E-state index contributed by atoms with van der Waals surface area (Å²) in [6, 6.07) is 0. The first kappa shape index (κ1) is 15.1. The Kier molecular flexibility index (Phi) is 9.35. The van der Waals surface area contributed by atoms with Crippen molar-refractivity contribution in [1.29, 1.82) is 0 Å². The normalized spacial score (nSPS) is 18.7. The molecule has 1 aliphatic heterocycles. The van der Waals surface area contributed by atoms with Gasteiger partial charge in [-0.15, -0.1) is 18.3 Å². The Morgan fingerprint density at radius 3 is 2.61 bits per heavy atom. The minimum atomic E-state index is -0.0168. The summed E-state index contributed by atoms with van der Waals surface area (Å²) in [7, 11) is 0. The molecule has 0 bridgehead atoms. The lowest BCUT2D eigenvalue weighted by molar-refractivity contribution is -0.154. The topological polar surface area (TPSA) is 18.5 Å². The highest BCUT2D eigenvalue weighted by Gasteiger charge is 2.12. The number of terminal acetylenes is 1. The molecule has 0 aromatic carbocycles. The lowest BCUT2D eigenvalue weighted by Crippen LogP contribution is -2.22. The maximum atomic E-state index is 5.52. The van der Waals surface area contributed by atoms with Crippen LogP contribution in [0.15, 0.2) is 0 Å². The van der Waals surface area contributed by atoms with Crippen LogP contribution in [0.5, 0.6) is 0 Å². The fourth-order valence-corrected chi connectivity index (χ4v) is 1.91. The van der Waals surface area contributed by atoms with Crippen molar-refractivity contribution in [1.82, 2.24) is 0 Å². The van der Waals surface area contributed by atoms with E-state index < -0.39 is 0 Å². The lowest BCUT2D eigenvalue weighted by atomic mass is 10.1. The average molecular weight is 248 g/mol. The zero-order valence-corrected chi connectivity index (χ0v) is 11.2. The van der Waals surface area contributed by atoms with Crippen molar-refractivity contribution in [2.75, 3.05) is 13.2 Å². The van der Waals surface area contributed by atoms with Crippen LogP contribution < -0.4 is 0 Å². The third kappa shape index (κ3) is 8.18. The van der Waals surface area contributed by atoms with Crippen LogP contribution in [0.4, 0.5) is 0 Å². The second-order valence-corrected chi connectivity index (χ2v) is 4.58. The Bertz CT molecular complexity index is 286. The largest absolute Gasteiger partial charge is 0.353 e. The van der Waals surface area contributed by atoms with Gasteiger partial charge in [-0.3, -0.25) is 0 Å².